The van der Waals surface area contributed by atoms with Crippen molar-refractivity contribution >= 4 is 17.4 Å². The fourth-order valence-corrected chi connectivity index (χ4v) is 3.60. The molecule has 31 heavy (non-hydrogen) atoms. The van der Waals surface area contributed by atoms with Crippen LogP contribution in [0.5, 0.6) is 0 Å². The third-order valence-electron chi connectivity index (χ3n) is 5.44. The molecule has 3 rings (SSSR count). The summed E-state index contributed by atoms with van der Waals surface area (Å²) in [5.74, 6) is -0.486. The summed E-state index contributed by atoms with van der Waals surface area (Å²) in [5.41, 5.74) is 4.45. The van der Waals surface area contributed by atoms with Crippen molar-refractivity contribution in [2.45, 2.75) is 40.0 Å². The quantitative estimate of drug-likeness (QED) is 0.436. The van der Waals surface area contributed by atoms with Crippen LogP contribution in [0.3, 0.4) is 0 Å². The van der Waals surface area contributed by atoms with Gasteiger partial charge in [-0.1, -0.05) is 43.3 Å². The molecule has 160 valence electrons. The van der Waals surface area contributed by atoms with E-state index in [4.69, 9.17) is 0 Å². The molecule has 0 spiro atoms. The molecule has 1 heterocycles. The molecule has 0 aliphatic heterocycles. The summed E-state index contributed by atoms with van der Waals surface area (Å²) in [6.45, 7) is 5.94. The number of rotatable bonds is 8. The molecule has 0 radical (unpaired) electrons. The number of hydrogen-bond acceptors (Lipinski definition) is 3. The van der Waals surface area contributed by atoms with Gasteiger partial charge >= 0.3 is 0 Å². The molecule has 0 aliphatic rings. The number of nitrogens with zero attached hydrogens (tertiary/aromatic N) is 2. The van der Waals surface area contributed by atoms with Gasteiger partial charge in [0.05, 0.1) is 5.69 Å². The maximum atomic E-state index is 14.7. The zero-order valence-electron chi connectivity index (χ0n) is 18.2. The Morgan fingerprint density at radius 3 is 2.32 bits per heavy atom. The second-order valence-electron chi connectivity index (χ2n) is 7.41. The summed E-state index contributed by atoms with van der Waals surface area (Å²) in [6.07, 6.45) is 3.13. The van der Waals surface area contributed by atoms with E-state index in [0.717, 1.165) is 16.8 Å². The van der Waals surface area contributed by atoms with Crippen LogP contribution in [-0.4, -0.2) is 23.2 Å². The van der Waals surface area contributed by atoms with Gasteiger partial charge in [0.1, 0.15) is 5.82 Å². The van der Waals surface area contributed by atoms with E-state index >= 15 is 0 Å². The molecule has 0 saturated heterocycles. The van der Waals surface area contributed by atoms with Crippen LogP contribution in [0.2, 0.25) is 0 Å². The second kappa shape index (κ2) is 10.1. The van der Waals surface area contributed by atoms with Crippen LogP contribution in [0.25, 0.3) is 11.1 Å². The zero-order valence-corrected chi connectivity index (χ0v) is 18.2. The topological polar surface area (TPSA) is 50.3 Å². The van der Waals surface area contributed by atoms with Gasteiger partial charge in [-0.15, -0.1) is 0 Å². The lowest BCUT2D eigenvalue weighted by molar-refractivity contribution is -0.118. The summed E-state index contributed by atoms with van der Waals surface area (Å²) < 4.78 is 14.7. The SMILES string of the molecule is CCC(=O)N(CC)c1ccc(-c2ccc(C(=O)CCc3cccnc3C)cc2)cc1F. The minimum Gasteiger partial charge on any atom is -0.310 e. The molecule has 0 saturated carbocycles. The number of pyridine rings is 1. The molecule has 1 aromatic heterocycles. The number of hydrogen-bond donors (Lipinski definition) is 0. The Hall–Kier alpha value is -3.34. The third kappa shape index (κ3) is 5.23. The highest BCUT2D eigenvalue weighted by Crippen LogP contribution is 2.27. The van der Waals surface area contributed by atoms with Gasteiger partial charge in [0, 0.05) is 36.8 Å². The molecule has 0 N–H and O–H groups in total. The van der Waals surface area contributed by atoms with Gasteiger partial charge in [-0.05, 0) is 55.2 Å². The van der Waals surface area contributed by atoms with E-state index in [9.17, 15) is 14.0 Å². The summed E-state index contributed by atoms with van der Waals surface area (Å²) in [5, 5.41) is 0. The first-order valence-electron chi connectivity index (χ1n) is 10.6. The first-order valence-corrected chi connectivity index (χ1v) is 10.6. The number of aryl methyl sites for hydroxylation is 2. The molecule has 3 aromatic rings. The summed E-state index contributed by atoms with van der Waals surface area (Å²) in [7, 11) is 0. The summed E-state index contributed by atoms with van der Waals surface area (Å²) >= 11 is 0. The number of ketones is 1. The molecular formula is C26H27FN2O2. The van der Waals surface area contributed by atoms with Crippen molar-refractivity contribution in [3.63, 3.8) is 0 Å². The van der Waals surface area contributed by atoms with Crippen LogP contribution >= 0.6 is 0 Å². The largest absolute Gasteiger partial charge is 0.310 e. The van der Waals surface area contributed by atoms with Crippen molar-refractivity contribution in [2.24, 2.45) is 0 Å². The number of amides is 1. The van der Waals surface area contributed by atoms with E-state index < -0.39 is 5.82 Å². The predicted molar refractivity (Wildman–Crippen MR) is 122 cm³/mol. The van der Waals surface area contributed by atoms with Crippen molar-refractivity contribution in [3.05, 3.63) is 83.4 Å². The average Bonchev–Trinajstić information content (AvgIpc) is 2.79. The van der Waals surface area contributed by atoms with E-state index in [0.29, 0.717) is 36.9 Å². The van der Waals surface area contributed by atoms with Crippen LogP contribution in [0.1, 0.15) is 48.3 Å². The predicted octanol–water partition coefficient (Wildman–Crippen LogP) is 5.77. The van der Waals surface area contributed by atoms with Crippen LogP contribution in [-0.2, 0) is 11.2 Å². The Bertz CT molecular complexity index is 1080. The number of carbonyl (C=O) groups is 2. The van der Waals surface area contributed by atoms with Crippen LogP contribution in [0.4, 0.5) is 10.1 Å². The number of halogens is 1. The van der Waals surface area contributed by atoms with Crippen molar-refractivity contribution in [3.8, 4) is 11.1 Å². The minimum absolute atomic E-state index is 0.0630. The van der Waals surface area contributed by atoms with Gasteiger partial charge in [-0.3, -0.25) is 14.6 Å². The smallest absolute Gasteiger partial charge is 0.226 e. The number of Topliss-reactive ketones (excluding diaryl/α,β-unsaturated/α-hetero) is 1. The van der Waals surface area contributed by atoms with Gasteiger partial charge in [-0.2, -0.15) is 0 Å². The van der Waals surface area contributed by atoms with Gasteiger partial charge in [0.25, 0.3) is 0 Å². The molecule has 1 amide bonds. The van der Waals surface area contributed by atoms with E-state index in [1.807, 2.05) is 38.1 Å². The zero-order chi connectivity index (χ0) is 22.4. The monoisotopic (exact) mass is 418 g/mol. The van der Waals surface area contributed by atoms with Crippen LogP contribution in [0, 0.1) is 12.7 Å². The van der Waals surface area contributed by atoms with Crippen LogP contribution in [0.15, 0.2) is 60.8 Å². The van der Waals surface area contributed by atoms with Gasteiger partial charge in [0.15, 0.2) is 5.78 Å². The average molecular weight is 419 g/mol. The van der Waals surface area contributed by atoms with Crippen molar-refractivity contribution < 1.29 is 14.0 Å². The first kappa shape index (κ1) is 22.3. The summed E-state index contributed by atoms with van der Waals surface area (Å²) in [4.78, 5) is 30.3. The fourth-order valence-electron chi connectivity index (χ4n) is 3.60. The molecule has 0 unspecified atom stereocenters. The van der Waals surface area contributed by atoms with Crippen molar-refractivity contribution in [2.75, 3.05) is 11.4 Å². The Labute approximate surface area is 182 Å². The first-order chi connectivity index (χ1) is 14.9. The number of anilines is 1. The van der Waals surface area contributed by atoms with Crippen molar-refractivity contribution in [1.29, 1.82) is 0 Å². The lowest BCUT2D eigenvalue weighted by Crippen LogP contribution is -2.30. The van der Waals surface area contributed by atoms with Gasteiger partial charge < -0.3 is 4.90 Å². The Balaban J connectivity index is 1.72. The number of aromatic nitrogens is 1. The van der Waals surface area contributed by atoms with E-state index in [1.54, 1.807) is 37.4 Å². The Kier molecular flexibility index (Phi) is 7.29. The maximum absolute atomic E-state index is 14.7. The minimum atomic E-state index is -0.437. The van der Waals surface area contributed by atoms with Gasteiger partial charge in [-0.25, -0.2) is 4.39 Å². The normalized spacial score (nSPS) is 10.7. The van der Waals surface area contributed by atoms with E-state index in [1.165, 1.54) is 11.0 Å². The van der Waals surface area contributed by atoms with Crippen molar-refractivity contribution in [1.82, 2.24) is 4.98 Å². The second-order valence-corrected chi connectivity index (χ2v) is 7.41. The van der Waals surface area contributed by atoms with E-state index in [-0.39, 0.29) is 17.4 Å². The fraction of sp³-hybridized carbons (Fsp3) is 0.269. The molecule has 4 nitrogen and oxygen atoms in total. The molecule has 2 aromatic carbocycles. The molecule has 0 aliphatic carbocycles. The highest BCUT2D eigenvalue weighted by Gasteiger charge is 2.16. The Morgan fingerprint density at radius 2 is 1.71 bits per heavy atom. The van der Waals surface area contributed by atoms with E-state index in [2.05, 4.69) is 4.98 Å². The summed E-state index contributed by atoms with van der Waals surface area (Å²) in [6, 6.07) is 15.9. The number of benzene rings is 2. The number of carbonyl (C=O) groups excluding carboxylic acids is 2. The highest BCUT2D eigenvalue weighted by molar-refractivity contribution is 5.96. The molecule has 0 fully saturated rings. The lowest BCUT2D eigenvalue weighted by Gasteiger charge is -2.21. The Morgan fingerprint density at radius 1 is 1.00 bits per heavy atom. The standard InChI is InChI=1S/C26H27FN2O2/c1-4-26(31)29(5-2)24-14-12-22(17-23(24)27)20-8-10-21(11-9-20)25(30)15-13-19-7-6-16-28-18(19)3/h6-12,14,16-17H,4-5,13,15H2,1-3H3. The van der Waals surface area contributed by atoms with Gasteiger partial charge in [0.2, 0.25) is 5.91 Å². The highest BCUT2D eigenvalue weighted by atomic mass is 19.1. The molecule has 5 heteroatoms. The molecule has 0 atom stereocenters. The molecular weight excluding hydrogens is 391 g/mol. The molecule has 0 bridgehead atoms. The maximum Gasteiger partial charge on any atom is 0.226 e. The third-order valence-corrected chi connectivity index (χ3v) is 5.44. The van der Waals surface area contributed by atoms with Crippen LogP contribution < -0.4 is 4.90 Å². The lowest BCUT2D eigenvalue weighted by atomic mass is 9.99.